The molecule has 0 saturated carbocycles. The van der Waals surface area contributed by atoms with Crippen LogP contribution in [-0.4, -0.2) is 49.6 Å². The van der Waals surface area contributed by atoms with E-state index in [2.05, 4.69) is 4.98 Å². The van der Waals surface area contributed by atoms with E-state index in [-0.39, 0.29) is 24.1 Å². The van der Waals surface area contributed by atoms with Crippen molar-refractivity contribution in [2.45, 2.75) is 39.3 Å². The van der Waals surface area contributed by atoms with Crippen molar-refractivity contribution in [2.75, 3.05) is 13.1 Å². The molecule has 116 valence electrons. The second-order valence-electron chi connectivity index (χ2n) is 5.52. The number of aliphatic hydroxyl groups is 1. The zero-order chi connectivity index (χ0) is 15.6. The van der Waals surface area contributed by atoms with E-state index in [0.717, 1.165) is 6.42 Å². The summed E-state index contributed by atoms with van der Waals surface area (Å²) < 4.78 is 1.61. The maximum Gasteiger partial charge on any atom is 0.381 e. The van der Waals surface area contributed by atoms with Gasteiger partial charge in [-0.15, -0.1) is 0 Å². The fraction of sp³-hybridized carbons (Fsp3) is 0.692. The highest BCUT2D eigenvalue weighted by Gasteiger charge is 2.27. The van der Waals surface area contributed by atoms with Crippen LogP contribution in [-0.2, 0) is 11.3 Å². The first kappa shape index (κ1) is 15.4. The number of aromatic nitrogens is 2. The van der Waals surface area contributed by atoms with Crippen LogP contribution in [0.3, 0.4) is 0 Å². The van der Waals surface area contributed by atoms with Crippen molar-refractivity contribution in [1.29, 1.82) is 0 Å². The lowest BCUT2D eigenvalue weighted by molar-refractivity contribution is -0.389. The van der Waals surface area contributed by atoms with E-state index < -0.39 is 11.0 Å². The molecule has 2 atom stereocenters. The molecular formula is C13H20N4O4. The van der Waals surface area contributed by atoms with E-state index in [9.17, 15) is 20.0 Å². The molecule has 8 heteroatoms. The number of piperidine rings is 1. The van der Waals surface area contributed by atoms with Crippen LogP contribution >= 0.6 is 0 Å². The lowest BCUT2D eigenvalue weighted by Crippen LogP contribution is -2.46. The van der Waals surface area contributed by atoms with Crippen LogP contribution in [0.4, 0.5) is 5.82 Å². The number of imidazole rings is 1. The molecule has 1 fully saturated rings. The molecule has 0 aliphatic carbocycles. The molecule has 0 aromatic carbocycles. The topological polar surface area (TPSA) is 102 Å². The van der Waals surface area contributed by atoms with E-state index in [4.69, 9.17) is 0 Å². The highest BCUT2D eigenvalue weighted by atomic mass is 16.6. The van der Waals surface area contributed by atoms with Crippen LogP contribution in [0.1, 0.15) is 25.6 Å². The van der Waals surface area contributed by atoms with E-state index in [0.29, 0.717) is 25.5 Å². The first-order valence-electron chi connectivity index (χ1n) is 7.02. The molecule has 0 spiro atoms. The fourth-order valence-electron chi connectivity index (χ4n) is 2.46. The van der Waals surface area contributed by atoms with Crippen LogP contribution in [0, 0.1) is 23.0 Å². The van der Waals surface area contributed by atoms with Gasteiger partial charge in [0.15, 0.2) is 0 Å². The molecule has 8 nitrogen and oxygen atoms in total. The molecule has 2 unspecified atom stereocenters. The van der Waals surface area contributed by atoms with Gasteiger partial charge >= 0.3 is 5.82 Å². The number of amides is 1. The predicted molar refractivity (Wildman–Crippen MR) is 74.6 cm³/mol. The van der Waals surface area contributed by atoms with Crippen molar-refractivity contribution in [3.05, 3.63) is 22.1 Å². The third kappa shape index (κ3) is 3.57. The summed E-state index contributed by atoms with van der Waals surface area (Å²) in [5, 5.41) is 20.5. The summed E-state index contributed by atoms with van der Waals surface area (Å²) >= 11 is 0. The SMILES string of the molecule is Cc1nc([N+](=O)[O-])cn1CCC(=O)N1CCC(C)C(O)C1. The Morgan fingerprint density at radius 1 is 1.62 bits per heavy atom. The number of hydrogen-bond donors (Lipinski definition) is 1. The Morgan fingerprint density at radius 2 is 2.33 bits per heavy atom. The van der Waals surface area contributed by atoms with Crippen molar-refractivity contribution in [2.24, 2.45) is 5.92 Å². The summed E-state index contributed by atoms with van der Waals surface area (Å²) in [7, 11) is 0. The number of nitro groups is 1. The van der Waals surface area contributed by atoms with Crippen molar-refractivity contribution in [1.82, 2.24) is 14.5 Å². The summed E-state index contributed by atoms with van der Waals surface area (Å²) in [5.74, 6) is 0.480. The number of carbonyl (C=O) groups excluding carboxylic acids is 1. The number of likely N-dealkylation sites (tertiary alicyclic amines) is 1. The first-order chi connectivity index (χ1) is 9.88. The van der Waals surface area contributed by atoms with Gasteiger partial charge in [0.2, 0.25) is 11.7 Å². The average Bonchev–Trinajstić information content (AvgIpc) is 2.81. The summed E-state index contributed by atoms with van der Waals surface area (Å²) in [6.07, 6.45) is 1.91. The monoisotopic (exact) mass is 296 g/mol. The van der Waals surface area contributed by atoms with Gasteiger partial charge in [-0.25, -0.2) is 0 Å². The van der Waals surface area contributed by atoms with Crippen molar-refractivity contribution in [3.63, 3.8) is 0 Å². The second kappa shape index (κ2) is 6.21. The minimum Gasteiger partial charge on any atom is -0.391 e. The van der Waals surface area contributed by atoms with Crippen LogP contribution in [0.2, 0.25) is 0 Å². The molecule has 1 aliphatic heterocycles. The Bertz CT molecular complexity index is 542. The first-order valence-corrected chi connectivity index (χ1v) is 7.02. The summed E-state index contributed by atoms with van der Waals surface area (Å²) in [6.45, 7) is 5.01. The van der Waals surface area contributed by atoms with Crippen LogP contribution in [0.25, 0.3) is 0 Å². The second-order valence-corrected chi connectivity index (χ2v) is 5.52. The van der Waals surface area contributed by atoms with Crippen LogP contribution < -0.4 is 0 Å². The van der Waals surface area contributed by atoms with Gasteiger partial charge in [0.05, 0.1) is 6.10 Å². The maximum absolute atomic E-state index is 12.1. The number of rotatable bonds is 4. The molecule has 1 N–H and O–H groups in total. The normalized spacial score (nSPS) is 22.3. The number of aliphatic hydroxyl groups excluding tert-OH is 1. The van der Waals surface area contributed by atoms with Gasteiger partial charge in [0, 0.05) is 33.0 Å². The zero-order valence-corrected chi connectivity index (χ0v) is 12.2. The number of β-amino-alcohol motifs (C(OH)–C–C–N with tert-alkyl or cyclic N) is 1. The van der Waals surface area contributed by atoms with Crippen molar-refractivity contribution in [3.8, 4) is 0 Å². The van der Waals surface area contributed by atoms with Gasteiger partial charge < -0.3 is 24.7 Å². The molecule has 0 radical (unpaired) electrons. The summed E-state index contributed by atoms with van der Waals surface area (Å²) in [5.41, 5.74) is 0. The Labute approximate surface area is 122 Å². The Hall–Kier alpha value is -1.96. The van der Waals surface area contributed by atoms with Gasteiger partial charge in [0.25, 0.3) is 0 Å². The fourth-order valence-corrected chi connectivity index (χ4v) is 2.46. The smallest absolute Gasteiger partial charge is 0.381 e. The molecule has 1 saturated heterocycles. The van der Waals surface area contributed by atoms with E-state index in [1.54, 1.807) is 16.4 Å². The summed E-state index contributed by atoms with van der Waals surface area (Å²) in [6, 6.07) is 0. The minimum atomic E-state index is -0.548. The molecule has 1 aromatic heterocycles. The number of hydrogen-bond acceptors (Lipinski definition) is 5. The molecular weight excluding hydrogens is 276 g/mol. The van der Waals surface area contributed by atoms with Gasteiger partial charge in [0.1, 0.15) is 6.20 Å². The van der Waals surface area contributed by atoms with E-state index in [1.165, 1.54) is 6.20 Å². The van der Waals surface area contributed by atoms with Crippen LogP contribution in [0.15, 0.2) is 6.20 Å². The molecule has 21 heavy (non-hydrogen) atoms. The highest BCUT2D eigenvalue weighted by molar-refractivity contribution is 5.76. The summed E-state index contributed by atoms with van der Waals surface area (Å²) in [4.78, 5) is 27.7. The minimum absolute atomic E-state index is 0.0447. The lowest BCUT2D eigenvalue weighted by Gasteiger charge is -2.34. The Balaban J connectivity index is 1.91. The molecule has 0 bridgehead atoms. The molecule has 1 amide bonds. The predicted octanol–water partition coefficient (Wildman–Crippen LogP) is 0.719. The Morgan fingerprint density at radius 3 is 2.90 bits per heavy atom. The zero-order valence-electron chi connectivity index (χ0n) is 12.2. The van der Waals surface area contributed by atoms with Gasteiger partial charge in [-0.3, -0.25) is 4.79 Å². The number of carbonyl (C=O) groups is 1. The number of aryl methyl sites for hydroxylation is 2. The number of nitrogens with zero attached hydrogens (tertiary/aromatic N) is 4. The van der Waals surface area contributed by atoms with Crippen molar-refractivity contribution >= 4 is 11.7 Å². The third-order valence-corrected chi connectivity index (χ3v) is 3.99. The van der Waals surface area contributed by atoms with Gasteiger partial charge in [-0.05, 0) is 22.2 Å². The van der Waals surface area contributed by atoms with Gasteiger partial charge in [-0.2, -0.15) is 0 Å². The largest absolute Gasteiger partial charge is 0.391 e. The van der Waals surface area contributed by atoms with E-state index in [1.807, 2.05) is 6.92 Å². The lowest BCUT2D eigenvalue weighted by atomic mass is 9.96. The molecule has 2 rings (SSSR count). The standard InChI is InChI=1S/C13H20N4O4/c1-9-3-5-16(7-11(9)18)13(19)4-6-15-8-12(17(20)21)14-10(15)2/h8-9,11,18H,3-7H2,1-2H3. The Kier molecular flexibility index (Phi) is 4.56. The quantitative estimate of drug-likeness (QED) is 0.651. The van der Waals surface area contributed by atoms with Crippen LogP contribution in [0.5, 0.6) is 0 Å². The van der Waals surface area contributed by atoms with Crippen molar-refractivity contribution < 1.29 is 14.8 Å². The van der Waals surface area contributed by atoms with E-state index >= 15 is 0 Å². The van der Waals surface area contributed by atoms with Gasteiger partial charge in [-0.1, -0.05) is 6.92 Å². The third-order valence-electron chi connectivity index (χ3n) is 3.99. The molecule has 2 heterocycles. The highest BCUT2D eigenvalue weighted by Crippen LogP contribution is 2.18. The average molecular weight is 296 g/mol. The molecule has 1 aromatic rings. The maximum atomic E-state index is 12.1. The molecule has 1 aliphatic rings.